The van der Waals surface area contributed by atoms with Crippen molar-refractivity contribution in [2.75, 3.05) is 24.1 Å². The van der Waals surface area contributed by atoms with Gasteiger partial charge in [-0.2, -0.15) is 17.5 Å². The van der Waals surface area contributed by atoms with Crippen LogP contribution < -0.4 is 11.1 Å². The van der Waals surface area contributed by atoms with Crippen LogP contribution in [-0.4, -0.2) is 53.0 Å². The number of aliphatic hydroxyl groups is 1. The summed E-state index contributed by atoms with van der Waals surface area (Å²) in [7, 11) is -3.86. The zero-order chi connectivity index (χ0) is 25.4. The normalized spacial score (nSPS) is 19.5. The number of pyridine rings is 2. The molecule has 12 heteroatoms. The van der Waals surface area contributed by atoms with Crippen LogP contribution in [0, 0.1) is 6.92 Å². The highest BCUT2D eigenvalue weighted by Crippen LogP contribution is 2.30. The molecule has 0 radical (unpaired) electrons. The molecule has 186 valence electrons. The number of β-amino-alcohol motifs (C(OH)–C–C–N with tert-alkyl or cyclic N) is 1. The summed E-state index contributed by atoms with van der Waals surface area (Å²) in [6, 6.07) is 9.70. The van der Waals surface area contributed by atoms with Gasteiger partial charge in [-0.1, -0.05) is 12.1 Å². The Labute approximate surface area is 200 Å². The van der Waals surface area contributed by atoms with Crippen molar-refractivity contribution in [3.63, 3.8) is 0 Å². The van der Waals surface area contributed by atoms with Crippen molar-refractivity contribution in [2.45, 2.75) is 36.6 Å². The molecule has 2 atom stereocenters. The number of sulfonamides is 1. The van der Waals surface area contributed by atoms with E-state index < -0.39 is 33.9 Å². The predicted octanol–water partition coefficient (Wildman–Crippen LogP) is 3.29. The molecule has 3 aromatic rings. The number of aromatic nitrogens is 2. The lowest BCUT2D eigenvalue weighted by Gasteiger charge is -2.35. The van der Waals surface area contributed by atoms with Gasteiger partial charge in [-0.05, 0) is 60.4 Å². The third-order valence-corrected chi connectivity index (χ3v) is 7.89. The second-order valence-corrected chi connectivity index (χ2v) is 10.2. The van der Waals surface area contributed by atoms with Gasteiger partial charge in [0, 0.05) is 25.5 Å². The first-order valence-corrected chi connectivity index (χ1v) is 12.2. The molecule has 0 amide bonds. The van der Waals surface area contributed by atoms with Crippen molar-refractivity contribution in [1.82, 2.24) is 14.3 Å². The first kappa shape index (κ1) is 24.9. The van der Waals surface area contributed by atoms with E-state index in [1.54, 1.807) is 24.4 Å². The summed E-state index contributed by atoms with van der Waals surface area (Å²) in [6.45, 7) is 1.80. The molecule has 4 N–H and O–H groups in total. The van der Waals surface area contributed by atoms with Gasteiger partial charge in [-0.3, -0.25) is 0 Å². The maximum Gasteiger partial charge on any atom is 0.417 e. The smallest absolute Gasteiger partial charge is 0.390 e. The Morgan fingerprint density at radius 2 is 1.83 bits per heavy atom. The third kappa shape index (κ3) is 5.24. The first-order chi connectivity index (χ1) is 16.5. The Morgan fingerprint density at radius 1 is 1.11 bits per heavy atom. The fraction of sp³-hybridized carbons (Fsp3) is 0.304. The number of nitrogens with one attached hydrogen (secondary N) is 1. The Hall–Kier alpha value is -3.22. The zero-order valence-electron chi connectivity index (χ0n) is 18.7. The molecule has 1 aromatic carbocycles. The highest BCUT2D eigenvalue weighted by atomic mass is 32.2. The highest BCUT2D eigenvalue weighted by Gasteiger charge is 2.35. The quantitative estimate of drug-likeness (QED) is 0.485. The van der Waals surface area contributed by atoms with Crippen LogP contribution in [0.5, 0.6) is 0 Å². The first-order valence-electron chi connectivity index (χ1n) is 10.8. The van der Waals surface area contributed by atoms with E-state index in [1.807, 2.05) is 6.92 Å². The van der Waals surface area contributed by atoms with Crippen molar-refractivity contribution < 1.29 is 26.7 Å². The molecule has 3 heterocycles. The highest BCUT2D eigenvalue weighted by molar-refractivity contribution is 7.89. The molecule has 1 aliphatic heterocycles. The minimum Gasteiger partial charge on any atom is -0.390 e. The van der Waals surface area contributed by atoms with E-state index in [0.717, 1.165) is 22.8 Å². The molecule has 4 rings (SSSR count). The number of halogens is 3. The summed E-state index contributed by atoms with van der Waals surface area (Å²) in [5.41, 5.74) is 7.42. The molecule has 8 nitrogen and oxygen atoms in total. The Morgan fingerprint density at radius 3 is 2.43 bits per heavy atom. The van der Waals surface area contributed by atoms with Gasteiger partial charge in [0.15, 0.2) is 0 Å². The van der Waals surface area contributed by atoms with E-state index in [1.165, 1.54) is 22.5 Å². The van der Waals surface area contributed by atoms with Crippen LogP contribution in [0.2, 0.25) is 0 Å². The van der Waals surface area contributed by atoms with Gasteiger partial charge in [0.05, 0.1) is 22.6 Å². The van der Waals surface area contributed by atoms with E-state index in [4.69, 9.17) is 5.73 Å². The number of alkyl halides is 3. The monoisotopic (exact) mass is 507 g/mol. The van der Waals surface area contributed by atoms with Gasteiger partial charge < -0.3 is 16.2 Å². The molecule has 1 fully saturated rings. The molecule has 0 bridgehead atoms. The number of nitrogens with two attached hydrogens (primary N) is 1. The number of benzene rings is 1. The number of rotatable bonds is 5. The van der Waals surface area contributed by atoms with Crippen molar-refractivity contribution in [2.24, 2.45) is 0 Å². The molecule has 0 saturated carbocycles. The van der Waals surface area contributed by atoms with Gasteiger partial charge in [0.2, 0.25) is 10.0 Å². The number of nitrogen functional groups attached to an aromatic ring is 1. The number of hydrogen-bond donors (Lipinski definition) is 3. The topological polar surface area (TPSA) is 121 Å². The second-order valence-electron chi connectivity index (χ2n) is 8.29. The maximum atomic E-state index is 13.1. The summed E-state index contributed by atoms with van der Waals surface area (Å²) in [4.78, 5) is 7.87. The van der Waals surface area contributed by atoms with Crippen molar-refractivity contribution in [3.8, 4) is 11.1 Å². The summed E-state index contributed by atoms with van der Waals surface area (Å²) in [6.07, 6.45) is -3.03. The minimum atomic E-state index is -4.49. The SMILES string of the molecule is Cc1c(-c2ccc(S(=O)(=O)N3CC[C@@H](Nc4ccc(C(F)(F)F)cn4)[C@@H](O)C3)cc2)ccnc1N. The second kappa shape index (κ2) is 9.44. The lowest BCUT2D eigenvalue weighted by Crippen LogP contribution is -2.51. The van der Waals surface area contributed by atoms with Crippen LogP contribution in [0.25, 0.3) is 11.1 Å². The van der Waals surface area contributed by atoms with Gasteiger partial charge in [0.1, 0.15) is 11.6 Å². The summed E-state index contributed by atoms with van der Waals surface area (Å²) >= 11 is 0. The zero-order valence-corrected chi connectivity index (χ0v) is 19.5. The largest absolute Gasteiger partial charge is 0.417 e. The number of nitrogens with zero attached hydrogens (tertiary/aromatic N) is 3. The lowest BCUT2D eigenvalue weighted by molar-refractivity contribution is -0.137. The van der Waals surface area contributed by atoms with E-state index in [0.29, 0.717) is 12.0 Å². The molecule has 1 saturated heterocycles. The lowest BCUT2D eigenvalue weighted by atomic mass is 10.0. The van der Waals surface area contributed by atoms with Gasteiger partial charge in [-0.25, -0.2) is 18.4 Å². The molecule has 0 aliphatic carbocycles. The molecule has 0 spiro atoms. The van der Waals surface area contributed by atoms with Crippen LogP contribution in [0.3, 0.4) is 0 Å². The Balaban J connectivity index is 1.43. The molecule has 2 aromatic heterocycles. The summed E-state index contributed by atoms with van der Waals surface area (Å²) in [5, 5.41) is 13.4. The van der Waals surface area contributed by atoms with E-state index >= 15 is 0 Å². The molecule has 0 unspecified atom stereocenters. The summed E-state index contributed by atoms with van der Waals surface area (Å²) in [5.74, 6) is 0.567. The number of anilines is 2. The third-order valence-electron chi connectivity index (χ3n) is 6.01. The Bertz CT molecular complexity index is 1300. The average Bonchev–Trinajstić information content (AvgIpc) is 2.82. The van der Waals surface area contributed by atoms with Crippen LogP contribution in [0.4, 0.5) is 24.8 Å². The maximum absolute atomic E-state index is 13.1. The van der Waals surface area contributed by atoms with Crippen LogP contribution in [0.15, 0.2) is 59.8 Å². The standard InChI is InChI=1S/C23H24F3N5O3S/c1-14-18(8-10-28-22(14)27)15-2-5-17(6-3-15)35(33,34)31-11-9-19(20(32)13-31)30-21-7-4-16(12-29-21)23(24,25)26/h2-8,10,12,19-20,32H,9,11,13H2,1H3,(H2,27,28)(H,29,30)/t19-,20+/m1/s1. The van der Waals surface area contributed by atoms with Gasteiger partial charge in [0.25, 0.3) is 0 Å². The van der Waals surface area contributed by atoms with E-state index in [2.05, 4.69) is 15.3 Å². The van der Waals surface area contributed by atoms with Gasteiger partial charge >= 0.3 is 6.18 Å². The average molecular weight is 508 g/mol. The van der Waals surface area contributed by atoms with Crippen molar-refractivity contribution in [3.05, 3.63) is 66.0 Å². The minimum absolute atomic E-state index is 0.0870. The van der Waals surface area contributed by atoms with Crippen molar-refractivity contribution in [1.29, 1.82) is 0 Å². The van der Waals surface area contributed by atoms with Crippen molar-refractivity contribution >= 4 is 21.7 Å². The fourth-order valence-corrected chi connectivity index (χ4v) is 5.42. The van der Waals surface area contributed by atoms with Crippen LogP contribution in [-0.2, 0) is 16.2 Å². The molecule has 35 heavy (non-hydrogen) atoms. The van der Waals surface area contributed by atoms with E-state index in [-0.39, 0.29) is 30.2 Å². The van der Waals surface area contributed by atoms with E-state index in [9.17, 15) is 26.7 Å². The van der Waals surface area contributed by atoms with Crippen LogP contribution >= 0.6 is 0 Å². The predicted molar refractivity (Wildman–Crippen MR) is 125 cm³/mol. The number of piperidine rings is 1. The molecular formula is C23H24F3N5O3S. The fourth-order valence-electron chi connectivity index (χ4n) is 3.95. The van der Waals surface area contributed by atoms with Crippen LogP contribution in [0.1, 0.15) is 17.5 Å². The van der Waals surface area contributed by atoms with Gasteiger partial charge in [-0.15, -0.1) is 0 Å². The Kier molecular flexibility index (Phi) is 6.71. The number of aliphatic hydroxyl groups excluding tert-OH is 1. The number of hydrogen-bond acceptors (Lipinski definition) is 7. The molecule has 1 aliphatic rings. The molecular weight excluding hydrogens is 483 g/mol. The summed E-state index contributed by atoms with van der Waals surface area (Å²) < 4.78 is 65.6.